The van der Waals surface area contributed by atoms with Crippen LogP contribution in [0.4, 0.5) is 0 Å². The molecule has 0 bridgehead atoms. The van der Waals surface area contributed by atoms with Crippen LogP contribution in [-0.4, -0.2) is 24.2 Å². The van der Waals surface area contributed by atoms with Crippen molar-refractivity contribution >= 4 is 5.97 Å². The fraction of sp³-hybridized carbons (Fsp3) is 0.562. The maximum absolute atomic E-state index is 11.4. The molecule has 0 aromatic heterocycles. The zero-order valence-corrected chi connectivity index (χ0v) is 11.9. The van der Waals surface area contributed by atoms with E-state index >= 15 is 0 Å². The fourth-order valence-electron chi connectivity index (χ4n) is 2.98. The third-order valence-corrected chi connectivity index (χ3v) is 4.17. The average Bonchev–Trinajstić information content (AvgIpc) is 2.72. The van der Waals surface area contributed by atoms with Crippen LogP contribution in [0.2, 0.25) is 0 Å². The van der Waals surface area contributed by atoms with E-state index in [0.717, 1.165) is 18.5 Å². The quantitative estimate of drug-likeness (QED) is 0.875. The largest absolute Gasteiger partial charge is 0.481 e. The van der Waals surface area contributed by atoms with E-state index in [0.29, 0.717) is 12.5 Å². The zero-order chi connectivity index (χ0) is 14.0. The highest BCUT2D eigenvalue weighted by Crippen LogP contribution is 2.35. The van der Waals surface area contributed by atoms with Crippen molar-refractivity contribution < 1.29 is 9.90 Å². The van der Waals surface area contributed by atoms with Crippen molar-refractivity contribution in [2.75, 3.05) is 13.1 Å². The molecule has 2 rings (SSSR count). The van der Waals surface area contributed by atoms with E-state index in [2.05, 4.69) is 43.4 Å². The Morgan fingerprint density at radius 3 is 2.58 bits per heavy atom. The fourth-order valence-corrected chi connectivity index (χ4v) is 2.98. The summed E-state index contributed by atoms with van der Waals surface area (Å²) in [5.41, 5.74) is 2.14. The Kier molecular flexibility index (Phi) is 3.95. The van der Waals surface area contributed by atoms with E-state index in [4.69, 9.17) is 0 Å². The van der Waals surface area contributed by atoms with E-state index in [-0.39, 0.29) is 11.3 Å². The molecule has 0 aliphatic carbocycles. The lowest BCUT2D eigenvalue weighted by atomic mass is 9.74. The summed E-state index contributed by atoms with van der Waals surface area (Å²) in [6.07, 6.45) is 1.07. The number of hydrogen-bond donors (Lipinski definition) is 2. The van der Waals surface area contributed by atoms with Crippen molar-refractivity contribution in [3.63, 3.8) is 0 Å². The molecule has 2 N–H and O–H groups in total. The molecule has 1 aliphatic heterocycles. The highest BCUT2D eigenvalue weighted by atomic mass is 16.4. The SMILES string of the molecule is CC(C)Cc1ccc(C2(C)CNCC2C(=O)O)cc1. The molecule has 1 aromatic rings. The highest BCUT2D eigenvalue weighted by Gasteiger charge is 2.44. The second-order valence-electron chi connectivity index (χ2n) is 6.23. The number of hydrogen-bond acceptors (Lipinski definition) is 2. The molecule has 2 unspecified atom stereocenters. The van der Waals surface area contributed by atoms with Crippen molar-refractivity contribution in [1.29, 1.82) is 0 Å². The Balaban J connectivity index is 2.23. The number of carboxylic acid groups (broad SMARTS) is 1. The number of nitrogens with one attached hydrogen (secondary N) is 1. The first-order valence-corrected chi connectivity index (χ1v) is 6.96. The summed E-state index contributed by atoms with van der Waals surface area (Å²) in [4.78, 5) is 11.4. The van der Waals surface area contributed by atoms with Crippen LogP contribution in [-0.2, 0) is 16.6 Å². The maximum Gasteiger partial charge on any atom is 0.308 e. The van der Waals surface area contributed by atoms with Gasteiger partial charge in [-0.05, 0) is 23.5 Å². The third kappa shape index (κ3) is 2.81. The first kappa shape index (κ1) is 14.1. The van der Waals surface area contributed by atoms with Crippen molar-refractivity contribution in [2.45, 2.75) is 32.6 Å². The summed E-state index contributed by atoms with van der Waals surface area (Å²) < 4.78 is 0. The van der Waals surface area contributed by atoms with Gasteiger partial charge >= 0.3 is 5.97 Å². The molecule has 2 atom stereocenters. The van der Waals surface area contributed by atoms with Gasteiger partial charge in [0, 0.05) is 18.5 Å². The third-order valence-electron chi connectivity index (χ3n) is 4.17. The van der Waals surface area contributed by atoms with Gasteiger partial charge in [0.05, 0.1) is 5.92 Å². The summed E-state index contributed by atoms with van der Waals surface area (Å²) in [5.74, 6) is -0.413. The predicted molar refractivity (Wildman–Crippen MR) is 76.3 cm³/mol. The Bertz CT molecular complexity index is 452. The topological polar surface area (TPSA) is 49.3 Å². The summed E-state index contributed by atoms with van der Waals surface area (Å²) in [5, 5.41) is 12.6. The predicted octanol–water partition coefficient (Wildman–Crippen LogP) is 2.45. The smallest absolute Gasteiger partial charge is 0.308 e. The average molecular weight is 261 g/mol. The summed E-state index contributed by atoms with van der Waals surface area (Å²) >= 11 is 0. The molecule has 1 fully saturated rings. The standard InChI is InChI=1S/C16H23NO2/c1-11(2)8-12-4-6-13(7-5-12)16(3)10-17-9-14(16)15(18)19/h4-7,11,14,17H,8-10H2,1-3H3,(H,18,19). The Morgan fingerprint density at radius 1 is 1.42 bits per heavy atom. The van der Waals surface area contributed by atoms with Gasteiger partial charge in [0.15, 0.2) is 0 Å². The Labute approximate surface area is 115 Å². The molecule has 0 saturated carbocycles. The lowest BCUT2D eigenvalue weighted by Gasteiger charge is -2.28. The van der Waals surface area contributed by atoms with Gasteiger partial charge < -0.3 is 10.4 Å². The van der Waals surface area contributed by atoms with Gasteiger partial charge in [0.1, 0.15) is 0 Å². The highest BCUT2D eigenvalue weighted by molar-refractivity contribution is 5.73. The van der Waals surface area contributed by atoms with Gasteiger partial charge in [-0.2, -0.15) is 0 Å². The molecule has 1 aliphatic rings. The number of carbonyl (C=O) groups is 1. The molecule has 19 heavy (non-hydrogen) atoms. The van der Waals surface area contributed by atoms with Crippen molar-refractivity contribution in [2.24, 2.45) is 11.8 Å². The minimum absolute atomic E-state index is 0.303. The van der Waals surface area contributed by atoms with Crippen LogP contribution in [0, 0.1) is 11.8 Å². The summed E-state index contributed by atoms with van der Waals surface area (Å²) in [7, 11) is 0. The molecule has 1 saturated heterocycles. The number of rotatable bonds is 4. The molecule has 0 amide bonds. The van der Waals surface area contributed by atoms with Crippen LogP contribution >= 0.6 is 0 Å². The van der Waals surface area contributed by atoms with Gasteiger partial charge in [-0.1, -0.05) is 45.0 Å². The van der Waals surface area contributed by atoms with Gasteiger partial charge in [-0.15, -0.1) is 0 Å². The number of carboxylic acids is 1. The molecule has 1 heterocycles. The minimum Gasteiger partial charge on any atom is -0.481 e. The molecular weight excluding hydrogens is 238 g/mol. The first-order chi connectivity index (χ1) is 8.93. The lowest BCUT2D eigenvalue weighted by molar-refractivity contribution is -0.142. The molecule has 0 spiro atoms. The van der Waals surface area contributed by atoms with Gasteiger partial charge in [-0.3, -0.25) is 4.79 Å². The van der Waals surface area contributed by atoms with E-state index in [1.807, 2.05) is 6.92 Å². The second-order valence-corrected chi connectivity index (χ2v) is 6.23. The lowest BCUT2D eigenvalue weighted by Crippen LogP contribution is -2.36. The van der Waals surface area contributed by atoms with Gasteiger partial charge in [0.25, 0.3) is 0 Å². The van der Waals surface area contributed by atoms with Crippen LogP contribution in [0.1, 0.15) is 31.9 Å². The molecule has 3 nitrogen and oxygen atoms in total. The Morgan fingerprint density at radius 2 is 2.05 bits per heavy atom. The van der Waals surface area contributed by atoms with Gasteiger partial charge in [0.2, 0.25) is 0 Å². The molecule has 1 aromatic carbocycles. The Hall–Kier alpha value is -1.35. The van der Waals surface area contributed by atoms with Crippen molar-refractivity contribution in [3.05, 3.63) is 35.4 Å². The van der Waals surface area contributed by atoms with Crippen molar-refractivity contribution in [3.8, 4) is 0 Å². The van der Waals surface area contributed by atoms with E-state index in [1.165, 1.54) is 5.56 Å². The summed E-state index contributed by atoms with van der Waals surface area (Å²) in [6, 6.07) is 8.47. The van der Waals surface area contributed by atoms with Crippen LogP contribution in [0.5, 0.6) is 0 Å². The molecular formula is C16H23NO2. The normalized spacial score (nSPS) is 26.8. The van der Waals surface area contributed by atoms with Crippen LogP contribution in [0.25, 0.3) is 0 Å². The number of benzene rings is 1. The summed E-state index contributed by atoms with van der Waals surface area (Å²) in [6.45, 7) is 7.74. The van der Waals surface area contributed by atoms with Crippen molar-refractivity contribution in [1.82, 2.24) is 5.32 Å². The molecule has 3 heteroatoms. The van der Waals surface area contributed by atoms with Crippen LogP contribution in [0.3, 0.4) is 0 Å². The van der Waals surface area contributed by atoms with E-state index in [9.17, 15) is 9.90 Å². The van der Waals surface area contributed by atoms with E-state index < -0.39 is 5.97 Å². The first-order valence-electron chi connectivity index (χ1n) is 6.96. The maximum atomic E-state index is 11.4. The van der Waals surface area contributed by atoms with Crippen LogP contribution in [0.15, 0.2) is 24.3 Å². The van der Waals surface area contributed by atoms with E-state index in [1.54, 1.807) is 0 Å². The van der Waals surface area contributed by atoms with Gasteiger partial charge in [-0.25, -0.2) is 0 Å². The molecule has 0 radical (unpaired) electrons. The monoisotopic (exact) mass is 261 g/mol. The molecule has 104 valence electrons. The van der Waals surface area contributed by atoms with Crippen LogP contribution < -0.4 is 5.32 Å². The second kappa shape index (κ2) is 5.33. The zero-order valence-electron chi connectivity index (χ0n) is 11.9. The minimum atomic E-state index is -0.709. The number of aliphatic carboxylic acids is 1.